The van der Waals surface area contributed by atoms with E-state index in [0.29, 0.717) is 0 Å². The maximum atomic E-state index is 2.97. The van der Waals surface area contributed by atoms with Crippen LogP contribution >= 0.6 is 0 Å². The van der Waals surface area contributed by atoms with Crippen LogP contribution in [-0.2, 0) is 131 Å². The quantitative estimate of drug-likeness (QED) is 0.511. The standard InChI is InChI=1S/CH3Si.4Y/c1-2;;;;/h1H3;;;;. The molecular weight excluding hydrogens is 396 g/mol. The minimum absolute atomic E-state index is 0. The summed E-state index contributed by atoms with van der Waals surface area (Å²) in [5.41, 5.74) is 0. The Morgan fingerprint density at radius 1 is 0.667 bits per heavy atom. The molecule has 0 saturated heterocycles. The molecule has 0 aromatic rings. The monoisotopic (exact) mass is 399 g/mol. The summed E-state index contributed by atoms with van der Waals surface area (Å²) in [5.74, 6) is 0. The van der Waals surface area contributed by atoms with Gasteiger partial charge in [-0.2, -0.15) is 0 Å². The molecule has 0 atom stereocenters. The van der Waals surface area contributed by atoms with Gasteiger partial charge in [0.05, 0.1) is 0 Å². The molecule has 0 N–H and O–H groups in total. The Hall–Kier alpha value is 4.63. The number of hydrogen-bond acceptors (Lipinski definition) is 0. The maximum Gasteiger partial charge on any atom is 0.0184 e. The van der Waals surface area contributed by atoms with Crippen LogP contribution in [0.4, 0.5) is 0 Å². The van der Waals surface area contributed by atoms with Crippen LogP contribution in [0.15, 0.2) is 0 Å². The van der Waals surface area contributed by atoms with Gasteiger partial charge in [0.25, 0.3) is 0 Å². The fourth-order valence-corrected chi connectivity index (χ4v) is 0. The molecule has 0 rings (SSSR count). The third kappa shape index (κ3) is 23.4. The van der Waals surface area contributed by atoms with Crippen molar-refractivity contribution in [2.45, 2.75) is 6.55 Å². The van der Waals surface area contributed by atoms with Crippen LogP contribution in [0.3, 0.4) is 0 Å². The minimum Gasteiger partial charge on any atom is -0.0759 e. The summed E-state index contributed by atoms with van der Waals surface area (Å²) >= 11 is 0. The van der Waals surface area contributed by atoms with Gasteiger partial charge in [-0.25, -0.2) is 0 Å². The van der Waals surface area contributed by atoms with E-state index in [1.54, 1.807) is 6.55 Å². The molecule has 7 radical (unpaired) electrons. The van der Waals surface area contributed by atoms with Crippen molar-refractivity contribution in [1.29, 1.82) is 0 Å². The summed E-state index contributed by atoms with van der Waals surface area (Å²) in [5, 5.41) is 0. The van der Waals surface area contributed by atoms with Crippen LogP contribution in [0.25, 0.3) is 0 Å². The Morgan fingerprint density at radius 3 is 0.667 bits per heavy atom. The normalized spacial score (nSPS) is 1.00. The zero-order valence-electron chi connectivity index (χ0n) is 3.81. The van der Waals surface area contributed by atoms with Gasteiger partial charge in [-0.05, 0) is 0 Å². The van der Waals surface area contributed by atoms with Crippen LogP contribution in [0.1, 0.15) is 0 Å². The van der Waals surface area contributed by atoms with Crippen LogP contribution in [0.5, 0.6) is 0 Å². The zero-order chi connectivity index (χ0) is 2.00. The van der Waals surface area contributed by atoms with E-state index in [0.717, 1.165) is 0 Å². The predicted molar refractivity (Wildman–Crippen MR) is 11.6 cm³/mol. The SMILES string of the molecule is C[Si].[Y].[Y].[Y].[Y]. The third-order valence-corrected chi connectivity index (χ3v) is 0. The Labute approximate surface area is 143 Å². The van der Waals surface area contributed by atoms with Crippen molar-refractivity contribution < 1.29 is 131 Å². The van der Waals surface area contributed by atoms with Gasteiger partial charge < -0.3 is 0 Å². The van der Waals surface area contributed by atoms with Crippen molar-refractivity contribution in [2.75, 3.05) is 0 Å². The second kappa shape index (κ2) is 33.4. The van der Waals surface area contributed by atoms with E-state index in [1.165, 1.54) is 0 Å². The van der Waals surface area contributed by atoms with Gasteiger partial charge in [-0.3, -0.25) is 0 Å². The molecule has 0 nitrogen and oxygen atoms in total. The molecule has 0 aromatic carbocycles. The van der Waals surface area contributed by atoms with Crippen LogP contribution in [0.2, 0.25) is 6.55 Å². The molecule has 0 heterocycles. The minimum atomic E-state index is 0. The van der Waals surface area contributed by atoms with Crippen molar-refractivity contribution in [3.63, 3.8) is 0 Å². The fraction of sp³-hybridized carbons (Fsp3) is 1.00. The Bertz CT molecular complexity index is 7.51. The Morgan fingerprint density at radius 2 is 0.667 bits per heavy atom. The molecular formula is CH3SiY4. The Balaban J connectivity index is -0.000000000833. The van der Waals surface area contributed by atoms with Gasteiger partial charge in [-0.1, -0.05) is 6.55 Å². The van der Waals surface area contributed by atoms with Crippen molar-refractivity contribution in [3.8, 4) is 0 Å². The molecule has 23 valence electrons. The summed E-state index contributed by atoms with van der Waals surface area (Å²) < 4.78 is 0. The molecule has 5 heteroatoms. The van der Waals surface area contributed by atoms with E-state index in [-0.39, 0.29) is 131 Å². The first kappa shape index (κ1) is 31.1. The number of rotatable bonds is 0. The van der Waals surface area contributed by atoms with Crippen LogP contribution in [0, 0.1) is 0 Å². The molecule has 0 bridgehead atoms. The van der Waals surface area contributed by atoms with Crippen molar-refractivity contribution in [2.24, 2.45) is 0 Å². The van der Waals surface area contributed by atoms with Crippen molar-refractivity contribution in [1.82, 2.24) is 0 Å². The van der Waals surface area contributed by atoms with Gasteiger partial charge in [0.2, 0.25) is 0 Å². The second-order valence-corrected chi connectivity index (χ2v) is 0. The largest absolute Gasteiger partial charge is 0.0759 e. The average Bonchev–Trinajstić information content (AvgIpc) is 1.00. The molecule has 0 fully saturated rings. The molecule has 0 spiro atoms. The maximum absolute atomic E-state index is 2.97. The predicted octanol–water partition coefficient (Wildman–Crippen LogP) is 0.193. The molecule has 0 aliphatic carbocycles. The molecule has 0 aliphatic heterocycles. The molecule has 0 saturated carbocycles. The first-order valence-corrected chi connectivity index (χ1v) is 1.50. The first-order chi connectivity index (χ1) is 1.00. The zero-order valence-corrected chi connectivity index (χ0v) is 16.2. The summed E-state index contributed by atoms with van der Waals surface area (Å²) in [6.45, 7) is 1.81. The molecule has 0 aromatic heterocycles. The van der Waals surface area contributed by atoms with E-state index in [9.17, 15) is 0 Å². The summed E-state index contributed by atoms with van der Waals surface area (Å²) in [4.78, 5) is 0. The van der Waals surface area contributed by atoms with Gasteiger partial charge in [0.15, 0.2) is 0 Å². The fourth-order valence-electron chi connectivity index (χ4n) is 0. The van der Waals surface area contributed by atoms with E-state index in [4.69, 9.17) is 0 Å². The van der Waals surface area contributed by atoms with E-state index in [2.05, 4.69) is 10.2 Å². The summed E-state index contributed by atoms with van der Waals surface area (Å²) in [6, 6.07) is 0. The van der Waals surface area contributed by atoms with E-state index < -0.39 is 0 Å². The topological polar surface area (TPSA) is 0 Å². The summed E-state index contributed by atoms with van der Waals surface area (Å²) in [6.07, 6.45) is 0. The molecule has 6 heavy (non-hydrogen) atoms. The van der Waals surface area contributed by atoms with Gasteiger partial charge in [0.1, 0.15) is 0 Å². The van der Waals surface area contributed by atoms with Gasteiger partial charge >= 0.3 is 0 Å². The van der Waals surface area contributed by atoms with Crippen LogP contribution < -0.4 is 0 Å². The summed E-state index contributed by atoms with van der Waals surface area (Å²) in [7, 11) is 2.97. The number of hydrogen-bond donors (Lipinski definition) is 0. The van der Waals surface area contributed by atoms with Crippen molar-refractivity contribution >= 4 is 10.2 Å². The third-order valence-electron chi connectivity index (χ3n) is 0. The van der Waals surface area contributed by atoms with Gasteiger partial charge in [0, 0.05) is 141 Å². The smallest absolute Gasteiger partial charge is 0.0184 e. The van der Waals surface area contributed by atoms with Crippen molar-refractivity contribution in [3.05, 3.63) is 0 Å². The second-order valence-electron chi connectivity index (χ2n) is 0. The average molecular weight is 399 g/mol. The van der Waals surface area contributed by atoms with Crippen LogP contribution in [-0.4, -0.2) is 10.2 Å². The van der Waals surface area contributed by atoms with Gasteiger partial charge in [-0.15, -0.1) is 0 Å². The Kier molecular flexibility index (Phi) is 173. The molecule has 0 amide bonds. The van der Waals surface area contributed by atoms with E-state index >= 15 is 0 Å². The molecule has 0 unspecified atom stereocenters. The molecule has 0 aliphatic rings. The first-order valence-electron chi connectivity index (χ1n) is 0.500. The van der Waals surface area contributed by atoms with E-state index in [1.807, 2.05) is 0 Å².